The lowest BCUT2D eigenvalue weighted by Gasteiger charge is -2.21. The van der Waals surface area contributed by atoms with Crippen LogP contribution in [0.2, 0.25) is 0 Å². The molecule has 7 heteroatoms. The molecule has 0 radical (unpaired) electrons. The lowest BCUT2D eigenvalue weighted by Crippen LogP contribution is -2.26. The van der Waals surface area contributed by atoms with Crippen molar-refractivity contribution >= 4 is 31.9 Å². The van der Waals surface area contributed by atoms with E-state index in [2.05, 4.69) is 21.2 Å². The first-order valence-electron chi connectivity index (χ1n) is 8.82. The maximum atomic E-state index is 12.3. The van der Waals surface area contributed by atoms with Gasteiger partial charge in [0.05, 0.1) is 4.90 Å². The second-order valence-electron chi connectivity index (χ2n) is 6.83. The number of hydrogen-bond donors (Lipinski definition) is 1. The van der Waals surface area contributed by atoms with E-state index in [1.807, 2.05) is 0 Å². The van der Waals surface area contributed by atoms with Crippen molar-refractivity contribution < 1.29 is 13.2 Å². The Morgan fingerprint density at radius 2 is 1.92 bits per heavy atom. The first-order chi connectivity index (χ1) is 11.8. The molecule has 0 atom stereocenters. The van der Waals surface area contributed by atoms with Gasteiger partial charge >= 0.3 is 0 Å². The summed E-state index contributed by atoms with van der Waals surface area (Å²) in [5, 5.41) is 2.90. The summed E-state index contributed by atoms with van der Waals surface area (Å²) in [7, 11) is -0.653. The molecule has 0 heterocycles. The predicted molar refractivity (Wildman–Crippen MR) is 103 cm³/mol. The predicted octanol–water partition coefficient (Wildman–Crippen LogP) is 3.79. The molecule has 1 aliphatic carbocycles. The van der Waals surface area contributed by atoms with Crippen molar-refractivity contribution in [2.75, 3.05) is 20.6 Å². The first-order valence-corrected chi connectivity index (χ1v) is 11.1. The molecule has 1 fully saturated rings. The third-order valence-electron chi connectivity index (χ3n) is 4.75. The maximum Gasteiger partial charge on any atom is 0.251 e. The molecular formula is C18H27BrN2O3S. The Balaban J connectivity index is 1.93. The number of rotatable bonds is 7. The summed E-state index contributed by atoms with van der Waals surface area (Å²) in [5.74, 6) is 0.571. The fourth-order valence-corrected chi connectivity index (χ4v) is 5.05. The van der Waals surface area contributed by atoms with Crippen LogP contribution < -0.4 is 5.32 Å². The van der Waals surface area contributed by atoms with Crippen LogP contribution in [-0.4, -0.2) is 39.3 Å². The van der Waals surface area contributed by atoms with Gasteiger partial charge in [0, 0.05) is 30.7 Å². The molecule has 0 bridgehead atoms. The number of carbonyl (C=O) groups is 1. The molecule has 0 aromatic heterocycles. The topological polar surface area (TPSA) is 66.5 Å². The van der Waals surface area contributed by atoms with Crippen molar-refractivity contribution in [3.05, 3.63) is 28.2 Å². The minimum atomic E-state index is -3.60. The van der Waals surface area contributed by atoms with E-state index in [-0.39, 0.29) is 10.8 Å². The van der Waals surface area contributed by atoms with Gasteiger partial charge in [-0.1, -0.05) is 32.1 Å². The van der Waals surface area contributed by atoms with Gasteiger partial charge in [0.2, 0.25) is 10.0 Å². The van der Waals surface area contributed by atoms with Crippen molar-refractivity contribution in [3.8, 4) is 0 Å². The molecule has 1 N–H and O–H groups in total. The van der Waals surface area contributed by atoms with Crippen LogP contribution in [0.1, 0.15) is 55.3 Å². The van der Waals surface area contributed by atoms with Crippen LogP contribution in [0.5, 0.6) is 0 Å². The zero-order valence-electron chi connectivity index (χ0n) is 14.9. The van der Waals surface area contributed by atoms with E-state index in [1.165, 1.54) is 52.3 Å². The van der Waals surface area contributed by atoms with Crippen LogP contribution in [0.15, 0.2) is 27.6 Å². The molecule has 2 rings (SSSR count). The standard InChI is InChI=1S/C18H27BrN2O3S/c1-21(2)25(23,24)17-13-15(10-11-16(17)19)18(22)20-12-6-9-14-7-4-3-5-8-14/h10-11,13-14H,3-9,12H2,1-2H3,(H,20,22). The minimum Gasteiger partial charge on any atom is -0.352 e. The molecule has 1 aliphatic rings. The SMILES string of the molecule is CN(C)S(=O)(=O)c1cc(C(=O)NCCCC2CCCCC2)ccc1Br. The van der Waals surface area contributed by atoms with Crippen molar-refractivity contribution in [2.45, 2.75) is 49.8 Å². The Hall–Kier alpha value is -0.920. The summed E-state index contributed by atoms with van der Waals surface area (Å²) in [6.07, 6.45) is 8.77. The zero-order chi connectivity index (χ0) is 18.4. The third kappa shape index (κ3) is 5.53. The van der Waals surface area contributed by atoms with Crippen LogP contribution in [0, 0.1) is 5.92 Å². The molecule has 0 saturated heterocycles. The van der Waals surface area contributed by atoms with Gasteiger partial charge in [-0.15, -0.1) is 0 Å². The molecule has 5 nitrogen and oxygen atoms in total. The van der Waals surface area contributed by atoms with Gasteiger partial charge in [-0.05, 0) is 52.9 Å². The average Bonchev–Trinajstić information content (AvgIpc) is 2.59. The van der Waals surface area contributed by atoms with Gasteiger partial charge in [0.25, 0.3) is 5.91 Å². The minimum absolute atomic E-state index is 0.104. The normalized spacial score (nSPS) is 16.2. The van der Waals surface area contributed by atoms with E-state index in [0.717, 1.165) is 23.1 Å². The average molecular weight is 431 g/mol. The van der Waals surface area contributed by atoms with Gasteiger partial charge in [0.15, 0.2) is 0 Å². The summed E-state index contributed by atoms with van der Waals surface area (Å²) < 4.78 is 26.2. The van der Waals surface area contributed by atoms with Crippen LogP contribution in [0.25, 0.3) is 0 Å². The number of carbonyl (C=O) groups excluding carboxylic acids is 1. The van der Waals surface area contributed by atoms with Crippen molar-refractivity contribution in [2.24, 2.45) is 5.92 Å². The molecule has 1 saturated carbocycles. The van der Waals surface area contributed by atoms with Crippen LogP contribution in [-0.2, 0) is 10.0 Å². The quantitative estimate of drug-likeness (QED) is 0.668. The molecule has 1 amide bonds. The number of nitrogens with zero attached hydrogens (tertiary/aromatic N) is 1. The first kappa shape index (κ1) is 20.4. The largest absolute Gasteiger partial charge is 0.352 e. The number of benzene rings is 1. The summed E-state index contributed by atoms with van der Waals surface area (Å²) in [6, 6.07) is 4.67. The molecule has 0 spiro atoms. The molecular weight excluding hydrogens is 404 g/mol. The number of hydrogen-bond acceptors (Lipinski definition) is 3. The highest BCUT2D eigenvalue weighted by molar-refractivity contribution is 9.10. The number of amides is 1. The number of nitrogens with one attached hydrogen (secondary N) is 1. The number of sulfonamides is 1. The van der Waals surface area contributed by atoms with Gasteiger partial charge in [-0.3, -0.25) is 4.79 Å². The summed E-state index contributed by atoms with van der Waals surface area (Å²) in [6.45, 7) is 0.626. The van der Waals surface area contributed by atoms with Crippen molar-refractivity contribution in [3.63, 3.8) is 0 Å². The molecule has 0 aliphatic heterocycles. The Bertz CT molecular complexity index is 698. The zero-order valence-corrected chi connectivity index (χ0v) is 17.3. The van der Waals surface area contributed by atoms with Crippen LogP contribution in [0.3, 0.4) is 0 Å². The fraction of sp³-hybridized carbons (Fsp3) is 0.611. The molecule has 25 heavy (non-hydrogen) atoms. The second-order valence-corrected chi connectivity index (χ2v) is 9.81. The highest BCUT2D eigenvalue weighted by atomic mass is 79.9. The second kappa shape index (κ2) is 9.14. The Labute approximate surface area is 159 Å². The highest BCUT2D eigenvalue weighted by Gasteiger charge is 2.22. The number of halogens is 1. The van der Waals surface area contributed by atoms with E-state index >= 15 is 0 Å². The van der Waals surface area contributed by atoms with Crippen LogP contribution >= 0.6 is 15.9 Å². The van der Waals surface area contributed by atoms with Crippen LogP contribution in [0.4, 0.5) is 0 Å². The van der Waals surface area contributed by atoms with Gasteiger partial charge in [-0.25, -0.2) is 12.7 Å². The highest BCUT2D eigenvalue weighted by Crippen LogP contribution is 2.27. The van der Waals surface area contributed by atoms with E-state index in [4.69, 9.17) is 0 Å². The summed E-state index contributed by atoms with van der Waals surface area (Å²) in [4.78, 5) is 12.4. The van der Waals surface area contributed by atoms with Gasteiger partial charge in [-0.2, -0.15) is 0 Å². The van der Waals surface area contributed by atoms with Gasteiger partial charge in [0.1, 0.15) is 0 Å². The van der Waals surface area contributed by atoms with E-state index in [9.17, 15) is 13.2 Å². The van der Waals surface area contributed by atoms with Crippen molar-refractivity contribution in [1.29, 1.82) is 0 Å². The van der Waals surface area contributed by atoms with E-state index < -0.39 is 10.0 Å². The molecule has 1 aromatic carbocycles. The third-order valence-corrected chi connectivity index (χ3v) is 7.56. The molecule has 1 aromatic rings. The Morgan fingerprint density at radius 1 is 1.24 bits per heavy atom. The maximum absolute atomic E-state index is 12.3. The van der Waals surface area contributed by atoms with Crippen molar-refractivity contribution in [1.82, 2.24) is 9.62 Å². The monoisotopic (exact) mass is 430 g/mol. The summed E-state index contributed by atoms with van der Waals surface area (Å²) in [5.41, 5.74) is 0.362. The van der Waals surface area contributed by atoms with Gasteiger partial charge < -0.3 is 5.32 Å². The lowest BCUT2D eigenvalue weighted by atomic mass is 9.86. The van der Waals surface area contributed by atoms with E-state index in [1.54, 1.807) is 12.1 Å². The van der Waals surface area contributed by atoms with E-state index in [0.29, 0.717) is 16.6 Å². The smallest absolute Gasteiger partial charge is 0.251 e. The molecule has 0 unspecified atom stereocenters. The Morgan fingerprint density at radius 3 is 2.56 bits per heavy atom. The lowest BCUT2D eigenvalue weighted by molar-refractivity contribution is 0.0952. The fourth-order valence-electron chi connectivity index (χ4n) is 3.21. The summed E-state index contributed by atoms with van der Waals surface area (Å²) >= 11 is 3.25. The molecule has 140 valence electrons. The Kier molecular flexibility index (Phi) is 7.46.